The summed E-state index contributed by atoms with van der Waals surface area (Å²) in [5.41, 5.74) is 0.361. The van der Waals surface area contributed by atoms with Crippen LogP contribution in [0.1, 0.15) is 23.3 Å². The van der Waals surface area contributed by atoms with E-state index in [1.54, 1.807) is 30.4 Å². The van der Waals surface area contributed by atoms with E-state index in [2.05, 4.69) is 20.3 Å². The molecule has 8 nitrogen and oxygen atoms in total. The number of hydrogen-bond acceptors (Lipinski definition) is 6. The topological polar surface area (TPSA) is 86.0 Å². The van der Waals surface area contributed by atoms with E-state index in [1.807, 2.05) is 0 Å². The predicted molar refractivity (Wildman–Crippen MR) is 72.6 cm³/mol. The van der Waals surface area contributed by atoms with Crippen molar-refractivity contribution in [2.45, 2.75) is 18.9 Å². The summed E-state index contributed by atoms with van der Waals surface area (Å²) in [7, 11) is 1.74. The molecule has 110 valence electrons. The van der Waals surface area contributed by atoms with Gasteiger partial charge in [0.2, 0.25) is 5.88 Å². The smallest absolute Gasteiger partial charge is 0.276 e. The first kappa shape index (κ1) is 13.5. The van der Waals surface area contributed by atoms with Crippen LogP contribution in [0.15, 0.2) is 24.8 Å². The van der Waals surface area contributed by atoms with E-state index in [0.29, 0.717) is 24.7 Å². The van der Waals surface area contributed by atoms with E-state index in [9.17, 15) is 4.79 Å². The Labute approximate surface area is 121 Å². The molecule has 2 aromatic heterocycles. The van der Waals surface area contributed by atoms with Gasteiger partial charge in [0.1, 0.15) is 12.4 Å². The van der Waals surface area contributed by atoms with Crippen LogP contribution < -0.4 is 4.74 Å². The fraction of sp³-hybridized carbons (Fsp3) is 0.462. The van der Waals surface area contributed by atoms with E-state index < -0.39 is 0 Å². The maximum absolute atomic E-state index is 12.3. The molecular formula is C13H16N6O2. The lowest BCUT2D eigenvalue weighted by Gasteiger charge is -2.32. The second-order valence-corrected chi connectivity index (χ2v) is 4.96. The summed E-state index contributed by atoms with van der Waals surface area (Å²) in [6.45, 7) is 1.23. The van der Waals surface area contributed by atoms with Crippen LogP contribution in [-0.2, 0) is 7.05 Å². The molecule has 1 aliphatic rings. The molecule has 1 saturated heterocycles. The van der Waals surface area contributed by atoms with Gasteiger partial charge in [-0.2, -0.15) is 0 Å². The van der Waals surface area contributed by atoms with E-state index in [-0.39, 0.29) is 12.0 Å². The van der Waals surface area contributed by atoms with Crippen LogP contribution in [0, 0.1) is 0 Å². The molecule has 0 aromatic carbocycles. The van der Waals surface area contributed by atoms with Crippen molar-refractivity contribution in [3.8, 4) is 5.88 Å². The molecule has 1 unspecified atom stereocenters. The van der Waals surface area contributed by atoms with Crippen molar-refractivity contribution < 1.29 is 9.53 Å². The van der Waals surface area contributed by atoms with Gasteiger partial charge in [-0.15, -0.1) is 5.10 Å². The summed E-state index contributed by atoms with van der Waals surface area (Å²) in [6.07, 6.45) is 6.43. The molecule has 1 fully saturated rings. The number of carbonyl (C=O) groups is 1. The highest BCUT2D eigenvalue weighted by molar-refractivity contribution is 5.92. The number of amides is 1. The highest BCUT2D eigenvalue weighted by Crippen LogP contribution is 2.17. The van der Waals surface area contributed by atoms with E-state index in [1.165, 1.54) is 11.0 Å². The summed E-state index contributed by atoms with van der Waals surface area (Å²) in [6, 6.07) is 1.71. The van der Waals surface area contributed by atoms with Gasteiger partial charge in [-0.05, 0) is 12.8 Å². The molecule has 8 heteroatoms. The van der Waals surface area contributed by atoms with Gasteiger partial charge in [-0.25, -0.2) is 9.97 Å². The fourth-order valence-electron chi connectivity index (χ4n) is 2.35. The third kappa shape index (κ3) is 3.15. The average Bonchev–Trinajstić information content (AvgIpc) is 2.94. The SMILES string of the molecule is Cn1cc(C(=O)N2CCCC(Oc3ccncn3)C2)nn1. The van der Waals surface area contributed by atoms with Crippen molar-refractivity contribution in [1.82, 2.24) is 29.9 Å². The van der Waals surface area contributed by atoms with Gasteiger partial charge in [-0.1, -0.05) is 5.21 Å². The van der Waals surface area contributed by atoms with Crippen LogP contribution in [0.4, 0.5) is 0 Å². The first-order valence-corrected chi connectivity index (χ1v) is 6.80. The van der Waals surface area contributed by atoms with Gasteiger partial charge in [0, 0.05) is 25.9 Å². The minimum Gasteiger partial charge on any atom is -0.472 e. The van der Waals surface area contributed by atoms with Gasteiger partial charge in [-0.3, -0.25) is 9.48 Å². The highest BCUT2D eigenvalue weighted by atomic mass is 16.5. The average molecular weight is 288 g/mol. The van der Waals surface area contributed by atoms with Gasteiger partial charge in [0.05, 0.1) is 12.7 Å². The van der Waals surface area contributed by atoms with Crippen molar-refractivity contribution >= 4 is 5.91 Å². The lowest BCUT2D eigenvalue weighted by molar-refractivity contribution is 0.0522. The number of aromatic nitrogens is 5. The standard InChI is InChI=1S/C13H16N6O2/c1-18-8-11(16-17-18)13(20)19-6-2-3-10(7-19)21-12-4-5-14-9-15-12/h4-5,8-10H,2-3,6-7H2,1H3. The highest BCUT2D eigenvalue weighted by Gasteiger charge is 2.27. The second-order valence-electron chi connectivity index (χ2n) is 4.96. The Hall–Kier alpha value is -2.51. The third-order valence-corrected chi connectivity index (χ3v) is 3.33. The number of aryl methyl sites for hydroxylation is 1. The Kier molecular flexibility index (Phi) is 3.76. The first-order chi connectivity index (χ1) is 10.2. The van der Waals surface area contributed by atoms with Crippen LogP contribution >= 0.6 is 0 Å². The molecule has 0 N–H and O–H groups in total. The van der Waals surface area contributed by atoms with Crippen LogP contribution in [0.25, 0.3) is 0 Å². The number of ether oxygens (including phenoxy) is 1. The van der Waals surface area contributed by atoms with Crippen molar-refractivity contribution in [1.29, 1.82) is 0 Å². The molecule has 3 rings (SSSR count). The predicted octanol–water partition coefficient (Wildman–Crippen LogP) is 0.289. The number of likely N-dealkylation sites (tertiary alicyclic amines) is 1. The third-order valence-electron chi connectivity index (χ3n) is 3.33. The maximum atomic E-state index is 12.3. The Morgan fingerprint density at radius 1 is 1.48 bits per heavy atom. The quantitative estimate of drug-likeness (QED) is 0.807. The molecule has 1 aliphatic heterocycles. The monoisotopic (exact) mass is 288 g/mol. The van der Waals surface area contributed by atoms with Crippen LogP contribution in [0.3, 0.4) is 0 Å². The first-order valence-electron chi connectivity index (χ1n) is 6.80. The molecule has 0 saturated carbocycles. The summed E-state index contributed by atoms with van der Waals surface area (Å²) in [5.74, 6) is 0.419. The van der Waals surface area contributed by atoms with Crippen molar-refractivity contribution in [3.63, 3.8) is 0 Å². The summed E-state index contributed by atoms with van der Waals surface area (Å²) >= 11 is 0. The van der Waals surface area contributed by atoms with E-state index >= 15 is 0 Å². The van der Waals surface area contributed by atoms with Crippen LogP contribution in [0.5, 0.6) is 5.88 Å². The largest absolute Gasteiger partial charge is 0.472 e. The zero-order valence-corrected chi connectivity index (χ0v) is 11.7. The van der Waals surface area contributed by atoms with Gasteiger partial charge < -0.3 is 9.64 Å². The number of carbonyl (C=O) groups excluding carboxylic acids is 1. The fourth-order valence-corrected chi connectivity index (χ4v) is 2.35. The summed E-state index contributed by atoms with van der Waals surface area (Å²) in [5, 5.41) is 7.65. The molecule has 3 heterocycles. The molecule has 0 spiro atoms. The normalized spacial score (nSPS) is 18.5. The molecule has 1 atom stereocenters. The van der Waals surface area contributed by atoms with Gasteiger partial charge >= 0.3 is 0 Å². The number of hydrogen-bond donors (Lipinski definition) is 0. The molecule has 21 heavy (non-hydrogen) atoms. The Morgan fingerprint density at radius 2 is 2.38 bits per heavy atom. The second kappa shape index (κ2) is 5.86. The number of rotatable bonds is 3. The summed E-state index contributed by atoms with van der Waals surface area (Å²) < 4.78 is 7.31. The zero-order valence-electron chi connectivity index (χ0n) is 11.7. The lowest BCUT2D eigenvalue weighted by atomic mass is 10.1. The van der Waals surface area contributed by atoms with Gasteiger partial charge in [0.25, 0.3) is 5.91 Å². The van der Waals surface area contributed by atoms with Crippen LogP contribution in [-0.4, -0.2) is 55.0 Å². The molecule has 0 aliphatic carbocycles. The summed E-state index contributed by atoms with van der Waals surface area (Å²) in [4.78, 5) is 22.0. The minimum absolute atomic E-state index is 0.0609. The zero-order chi connectivity index (χ0) is 14.7. The molecule has 0 bridgehead atoms. The van der Waals surface area contributed by atoms with Crippen LogP contribution in [0.2, 0.25) is 0 Å². The Balaban J connectivity index is 1.64. The van der Waals surface area contributed by atoms with Crippen molar-refractivity contribution in [2.24, 2.45) is 7.05 Å². The number of nitrogens with zero attached hydrogens (tertiary/aromatic N) is 6. The molecule has 2 aromatic rings. The van der Waals surface area contributed by atoms with E-state index in [4.69, 9.17) is 4.74 Å². The number of piperidine rings is 1. The lowest BCUT2D eigenvalue weighted by Crippen LogP contribution is -2.44. The van der Waals surface area contributed by atoms with E-state index in [0.717, 1.165) is 12.8 Å². The van der Waals surface area contributed by atoms with Crippen molar-refractivity contribution in [2.75, 3.05) is 13.1 Å². The molecule has 0 radical (unpaired) electrons. The maximum Gasteiger partial charge on any atom is 0.276 e. The Bertz CT molecular complexity index is 614. The molecular weight excluding hydrogens is 272 g/mol. The molecule has 1 amide bonds. The minimum atomic E-state index is -0.112. The van der Waals surface area contributed by atoms with Gasteiger partial charge in [0.15, 0.2) is 5.69 Å². The Morgan fingerprint density at radius 3 is 3.10 bits per heavy atom. The van der Waals surface area contributed by atoms with Crippen molar-refractivity contribution in [3.05, 3.63) is 30.5 Å².